The van der Waals surface area contributed by atoms with E-state index in [9.17, 15) is 9.59 Å². The van der Waals surface area contributed by atoms with Crippen molar-refractivity contribution in [2.75, 3.05) is 12.3 Å². The van der Waals surface area contributed by atoms with Crippen molar-refractivity contribution in [3.8, 4) is 5.82 Å². The number of para-hydroxylation sites is 1. The number of rotatable bonds is 6. The summed E-state index contributed by atoms with van der Waals surface area (Å²) < 4.78 is 1.50. The number of aryl methyl sites for hydroxylation is 1. The largest absolute Gasteiger partial charge is 0.355 e. The maximum Gasteiger partial charge on any atom is 0.267 e. The predicted octanol–water partition coefficient (Wildman–Crippen LogP) is 2.95. The van der Waals surface area contributed by atoms with Gasteiger partial charge in [-0.05, 0) is 36.6 Å². The Morgan fingerprint density at radius 1 is 1.22 bits per heavy atom. The molecule has 0 radical (unpaired) electrons. The molecule has 0 aliphatic heterocycles. The molecular weight excluding hydrogens is 360 g/mol. The van der Waals surface area contributed by atoms with Gasteiger partial charge in [-0.25, -0.2) is 14.5 Å². The summed E-state index contributed by atoms with van der Waals surface area (Å²) in [7, 11) is 0. The van der Waals surface area contributed by atoms with Crippen LogP contribution in [0, 0.1) is 12.8 Å². The maximum atomic E-state index is 13.1. The van der Waals surface area contributed by atoms with Gasteiger partial charge in [-0.15, -0.1) is 0 Å². The van der Waals surface area contributed by atoms with Crippen molar-refractivity contribution < 1.29 is 4.79 Å². The lowest BCUT2D eigenvalue weighted by Crippen LogP contribution is -2.29. The molecule has 0 saturated carbocycles. The standard InChI is InChI=1S/C20H22N4O2S/c1-13(2)11-22-17(25)12-27-20-23-16-9-5-4-8-15(16)19(26)24(20)18-14(3)7-6-10-21-18/h4-10,13H,11-12H2,1-3H3,(H,22,25). The average Bonchev–Trinajstić information content (AvgIpc) is 2.66. The molecule has 1 amide bonds. The van der Waals surface area contributed by atoms with Crippen molar-refractivity contribution in [1.29, 1.82) is 0 Å². The zero-order valence-corrected chi connectivity index (χ0v) is 16.4. The molecule has 0 spiro atoms. The highest BCUT2D eigenvalue weighted by Crippen LogP contribution is 2.21. The van der Waals surface area contributed by atoms with Gasteiger partial charge in [0.1, 0.15) is 5.82 Å². The summed E-state index contributed by atoms with van der Waals surface area (Å²) in [6.07, 6.45) is 1.65. The Morgan fingerprint density at radius 2 is 2.00 bits per heavy atom. The van der Waals surface area contributed by atoms with Crippen LogP contribution >= 0.6 is 11.8 Å². The van der Waals surface area contributed by atoms with E-state index in [0.29, 0.717) is 34.3 Å². The number of fused-ring (bicyclic) bond motifs is 1. The van der Waals surface area contributed by atoms with E-state index in [1.54, 1.807) is 18.3 Å². The van der Waals surface area contributed by atoms with Gasteiger partial charge >= 0.3 is 0 Å². The fourth-order valence-electron chi connectivity index (χ4n) is 2.61. The third-order valence-corrected chi connectivity index (χ3v) is 4.92. The average molecular weight is 382 g/mol. The first kappa shape index (κ1) is 19.1. The van der Waals surface area contributed by atoms with Gasteiger partial charge in [0.2, 0.25) is 5.91 Å². The van der Waals surface area contributed by atoms with Crippen LogP contribution in [0.2, 0.25) is 0 Å². The third kappa shape index (κ3) is 4.36. The first-order chi connectivity index (χ1) is 13.0. The number of nitrogens with zero attached hydrogens (tertiary/aromatic N) is 3. The van der Waals surface area contributed by atoms with Crippen molar-refractivity contribution in [3.63, 3.8) is 0 Å². The quantitative estimate of drug-likeness (QED) is 0.524. The Morgan fingerprint density at radius 3 is 2.74 bits per heavy atom. The van der Waals surface area contributed by atoms with Gasteiger partial charge in [0.05, 0.1) is 16.7 Å². The summed E-state index contributed by atoms with van der Waals surface area (Å²) in [5.41, 5.74) is 1.28. The molecule has 2 heterocycles. The Bertz CT molecular complexity index is 1030. The number of hydrogen-bond donors (Lipinski definition) is 1. The van der Waals surface area contributed by atoms with Crippen LogP contribution in [0.25, 0.3) is 16.7 Å². The van der Waals surface area contributed by atoms with Crippen molar-refractivity contribution in [2.24, 2.45) is 5.92 Å². The number of benzene rings is 1. The normalized spacial score (nSPS) is 11.1. The molecule has 1 aromatic carbocycles. The Kier molecular flexibility index (Phi) is 5.91. The highest BCUT2D eigenvalue weighted by molar-refractivity contribution is 7.99. The Hall–Kier alpha value is -2.67. The zero-order chi connectivity index (χ0) is 19.4. The van der Waals surface area contributed by atoms with Crippen LogP contribution in [0.4, 0.5) is 0 Å². The minimum absolute atomic E-state index is 0.0830. The van der Waals surface area contributed by atoms with Crippen LogP contribution in [-0.4, -0.2) is 32.7 Å². The lowest BCUT2D eigenvalue weighted by atomic mass is 10.2. The first-order valence-electron chi connectivity index (χ1n) is 8.80. The van der Waals surface area contributed by atoms with E-state index in [4.69, 9.17) is 0 Å². The van der Waals surface area contributed by atoms with Crippen molar-refractivity contribution in [1.82, 2.24) is 19.9 Å². The number of nitrogens with one attached hydrogen (secondary N) is 1. The fourth-order valence-corrected chi connectivity index (χ4v) is 3.43. The smallest absolute Gasteiger partial charge is 0.267 e. The molecule has 27 heavy (non-hydrogen) atoms. The summed E-state index contributed by atoms with van der Waals surface area (Å²) in [4.78, 5) is 34.3. The minimum Gasteiger partial charge on any atom is -0.355 e. The van der Waals surface area contributed by atoms with Crippen molar-refractivity contribution >= 4 is 28.6 Å². The molecule has 1 N–H and O–H groups in total. The summed E-state index contributed by atoms with van der Waals surface area (Å²) in [5, 5.41) is 3.87. The molecule has 6 nitrogen and oxygen atoms in total. The molecule has 0 aliphatic carbocycles. The number of carbonyl (C=O) groups is 1. The van der Waals surface area contributed by atoms with Crippen LogP contribution in [0.5, 0.6) is 0 Å². The second-order valence-electron chi connectivity index (χ2n) is 6.68. The minimum atomic E-state index is -0.188. The molecule has 0 saturated heterocycles. The molecule has 0 fully saturated rings. The summed E-state index contributed by atoms with van der Waals surface area (Å²) >= 11 is 1.24. The molecule has 140 valence electrons. The van der Waals surface area contributed by atoms with E-state index in [0.717, 1.165) is 5.56 Å². The van der Waals surface area contributed by atoms with Crippen LogP contribution in [0.15, 0.2) is 52.5 Å². The third-order valence-electron chi connectivity index (χ3n) is 3.98. The van der Waals surface area contributed by atoms with Gasteiger partial charge in [-0.2, -0.15) is 0 Å². The summed E-state index contributed by atoms with van der Waals surface area (Å²) in [6, 6.07) is 10.9. The zero-order valence-electron chi connectivity index (χ0n) is 15.6. The van der Waals surface area contributed by atoms with Crippen LogP contribution in [0.1, 0.15) is 19.4 Å². The van der Waals surface area contributed by atoms with Gasteiger partial charge in [0, 0.05) is 12.7 Å². The number of aromatic nitrogens is 3. The molecular formula is C20H22N4O2S. The van der Waals surface area contributed by atoms with E-state index < -0.39 is 0 Å². The van der Waals surface area contributed by atoms with Gasteiger partial charge in [-0.3, -0.25) is 9.59 Å². The molecule has 2 aromatic heterocycles. The molecule has 0 atom stereocenters. The van der Waals surface area contributed by atoms with Crippen molar-refractivity contribution in [2.45, 2.75) is 25.9 Å². The predicted molar refractivity (Wildman–Crippen MR) is 108 cm³/mol. The molecule has 0 unspecified atom stereocenters. The van der Waals surface area contributed by atoms with Crippen LogP contribution in [-0.2, 0) is 4.79 Å². The van der Waals surface area contributed by atoms with Gasteiger partial charge in [0.25, 0.3) is 5.56 Å². The number of hydrogen-bond acceptors (Lipinski definition) is 5. The number of carbonyl (C=O) groups excluding carboxylic acids is 1. The van der Waals surface area contributed by atoms with Crippen molar-refractivity contribution in [3.05, 3.63) is 58.5 Å². The summed E-state index contributed by atoms with van der Waals surface area (Å²) in [6.45, 7) is 6.60. The molecule has 0 bridgehead atoms. The van der Waals surface area contributed by atoms with E-state index in [2.05, 4.69) is 15.3 Å². The monoisotopic (exact) mass is 382 g/mol. The Labute approximate surface area is 162 Å². The van der Waals surface area contributed by atoms with E-state index in [1.807, 2.05) is 45.0 Å². The lowest BCUT2D eigenvalue weighted by molar-refractivity contribution is -0.118. The fraction of sp³-hybridized carbons (Fsp3) is 0.300. The number of thioether (sulfide) groups is 1. The second-order valence-corrected chi connectivity index (χ2v) is 7.63. The molecule has 7 heteroatoms. The topological polar surface area (TPSA) is 76.9 Å². The van der Waals surface area contributed by atoms with Gasteiger partial charge < -0.3 is 5.32 Å². The van der Waals surface area contributed by atoms with Crippen LogP contribution in [0.3, 0.4) is 0 Å². The molecule has 3 aromatic rings. The number of pyridine rings is 1. The highest BCUT2D eigenvalue weighted by atomic mass is 32.2. The lowest BCUT2D eigenvalue weighted by Gasteiger charge is -2.14. The summed E-state index contributed by atoms with van der Waals surface area (Å²) in [5.74, 6) is 1.02. The highest BCUT2D eigenvalue weighted by Gasteiger charge is 2.16. The Balaban J connectivity index is 2.03. The van der Waals surface area contributed by atoms with E-state index >= 15 is 0 Å². The first-order valence-corrected chi connectivity index (χ1v) is 9.79. The molecule has 0 aliphatic rings. The van der Waals surface area contributed by atoms with E-state index in [-0.39, 0.29) is 17.2 Å². The van der Waals surface area contributed by atoms with Gasteiger partial charge in [0.15, 0.2) is 5.16 Å². The SMILES string of the molecule is Cc1cccnc1-n1c(SCC(=O)NCC(C)C)nc2ccccc2c1=O. The number of amides is 1. The molecule has 3 rings (SSSR count). The second kappa shape index (κ2) is 8.35. The van der Waals surface area contributed by atoms with Gasteiger partial charge in [-0.1, -0.05) is 43.8 Å². The van der Waals surface area contributed by atoms with Crippen LogP contribution < -0.4 is 10.9 Å². The maximum absolute atomic E-state index is 13.1. The van der Waals surface area contributed by atoms with E-state index in [1.165, 1.54) is 16.3 Å².